The van der Waals surface area contributed by atoms with E-state index in [1.165, 1.54) is 30.3 Å². The van der Waals surface area contributed by atoms with E-state index in [1.807, 2.05) is 0 Å². The van der Waals surface area contributed by atoms with Gasteiger partial charge in [-0.15, -0.1) is 0 Å². The maximum absolute atomic E-state index is 13.3. The number of rotatable bonds is 2. The Morgan fingerprint density at radius 1 is 1.05 bits per heavy atom. The molecule has 98 valence electrons. The fourth-order valence-corrected chi connectivity index (χ4v) is 1.74. The molecule has 0 fully saturated rings. The molecule has 1 heterocycles. The van der Waals surface area contributed by atoms with Gasteiger partial charge in [0, 0.05) is 0 Å². The molecule has 7 heteroatoms. The molecule has 0 saturated carbocycles. The molecule has 0 radical (unpaired) electrons. The van der Waals surface area contributed by atoms with E-state index in [0.29, 0.717) is 0 Å². The number of anilines is 2. The minimum Gasteiger partial charge on any atom is -0.305 e. The molecule has 4 nitrogen and oxygen atoms in total. The zero-order chi connectivity index (χ0) is 13.8. The van der Waals surface area contributed by atoms with Gasteiger partial charge in [0.1, 0.15) is 11.0 Å². The molecule has 2 rings (SSSR count). The van der Waals surface area contributed by atoms with Crippen LogP contribution in [-0.4, -0.2) is 11.0 Å². The number of carbonyl (C=O) groups is 1. The Kier molecular flexibility index (Phi) is 4.19. The van der Waals surface area contributed by atoms with Crippen LogP contribution >= 0.6 is 23.2 Å². The fourth-order valence-electron chi connectivity index (χ4n) is 1.34. The predicted octanol–water partition coefficient (Wildman–Crippen LogP) is 4.17. The Morgan fingerprint density at radius 3 is 2.42 bits per heavy atom. The van der Waals surface area contributed by atoms with Gasteiger partial charge in [-0.25, -0.2) is 14.2 Å². The van der Waals surface area contributed by atoms with E-state index >= 15 is 0 Å². The summed E-state index contributed by atoms with van der Waals surface area (Å²) in [6.45, 7) is 0. The second kappa shape index (κ2) is 5.86. The Labute approximate surface area is 118 Å². The van der Waals surface area contributed by atoms with Crippen LogP contribution in [0.1, 0.15) is 0 Å². The predicted molar refractivity (Wildman–Crippen MR) is 73.3 cm³/mol. The number of hydrogen-bond acceptors (Lipinski definition) is 2. The van der Waals surface area contributed by atoms with Gasteiger partial charge < -0.3 is 10.6 Å². The molecule has 0 bridgehead atoms. The minimum atomic E-state index is -0.629. The largest absolute Gasteiger partial charge is 0.323 e. The van der Waals surface area contributed by atoms with Crippen LogP contribution in [0.15, 0.2) is 36.4 Å². The zero-order valence-corrected chi connectivity index (χ0v) is 11.0. The van der Waals surface area contributed by atoms with E-state index in [-0.39, 0.29) is 21.7 Å². The fraction of sp³-hybridized carbons (Fsp3) is 0. The maximum atomic E-state index is 13.3. The first kappa shape index (κ1) is 13.6. The highest BCUT2D eigenvalue weighted by atomic mass is 35.5. The van der Waals surface area contributed by atoms with Crippen molar-refractivity contribution < 1.29 is 9.18 Å². The molecule has 1 aromatic carbocycles. The van der Waals surface area contributed by atoms with Crippen LogP contribution in [-0.2, 0) is 0 Å². The van der Waals surface area contributed by atoms with E-state index in [1.54, 1.807) is 6.07 Å². The minimum absolute atomic E-state index is 0.0520. The number of hydrogen-bond donors (Lipinski definition) is 2. The standard InChI is InChI=1S/C12H8Cl2FN3O/c13-10-6-5-9(11(14)18-10)17-12(19)16-8-4-2-1-3-7(8)15/h1-6H,(H2,16,17,19). The Hall–Kier alpha value is -1.85. The lowest BCUT2D eigenvalue weighted by Gasteiger charge is -2.09. The summed E-state index contributed by atoms with van der Waals surface area (Å²) in [5, 5.41) is 5.06. The molecule has 2 aromatic rings. The number of pyridine rings is 1. The summed E-state index contributed by atoms with van der Waals surface area (Å²) >= 11 is 11.4. The van der Waals surface area contributed by atoms with Gasteiger partial charge in [0.2, 0.25) is 0 Å². The normalized spacial score (nSPS) is 10.1. The van der Waals surface area contributed by atoms with Crippen LogP contribution in [0.2, 0.25) is 10.3 Å². The Balaban J connectivity index is 2.08. The van der Waals surface area contributed by atoms with E-state index in [0.717, 1.165) is 0 Å². The highest BCUT2D eigenvalue weighted by molar-refractivity contribution is 6.34. The highest BCUT2D eigenvalue weighted by Gasteiger charge is 2.09. The summed E-state index contributed by atoms with van der Waals surface area (Å²) < 4.78 is 13.3. The number of aromatic nitrogens is 1. The number of benzene rings is 1. The topological polar surface area (TPSA) is 54.0 Å². The Morgan fingerprint density at radius 2 is 1.74 bits per heavy atom. The van der Waals surface area contributed by atoms with Crippen molar-refractivity contribution in [1.29, 1.82) is 0 Å². The van der Waals surface area contributed by atoms with Crippen molar-refractivity contribution in [3.63, 3.8) is 0 Å². The molecule has 19 heavy (non-hydrogen) atoms. The first-order valence-electron chi connectivity index (χ1n) is 5.21. The van der Waals surface area contributed by atoms with Gasteiger partial charge in [-0.1, -0.05) is 35.3 Å². The number of para-hydroxylation sites is 1. The molecular weight excluding hydrogens is 292 g/mol. The van der Waals surface area contributed by atoms with Crippen LogP contribution in [0.25, 0.3) is 0 Å². The number of urea groups is 1. The van der Waals surface area contributed by atoms with Crippen LogP contribution in [0, 0.1) is 5.82 Å². The van der Waals surface area contributed by atoms with Crippen molar-refractivity contribution in [3.8, 4) is 0 Å². The molecule has 0 unspecified atom stereocenters. The summed E-state index contributed by atoms with van der Waals surface area (Å²) in [6, 6.07) is 8.16. The molecule has 2 N–H and O–H groups in total. The van der Waals surface area contributed by atoms with Crippen molar-refractivity contribution >= 4 is 40.6 Å². The molecule has 0 aliphatic rings. The molecule has 0 atom stereocenters. The lowest BCUT2D eigenvalue weighted by atomic mass is 10.3. The van der Waals surface area contributed by atoms with Gasteiger partial charge in [0.05, 0.1) is 11.4 Å². The second-order valence-electron chi connectivity index (χ2n) is 3.53. The van der Waals surface area contributed by atoms with Gasteiger partial charge in [0.25, 0.3) is 0 Å². The van der Waals surface area contributed by atoms with Gasteiger partial charge in [-0.3, -0.25) is 0 Å². The number of amides is 2. The summed E-state index contributed by atoms with van der Waals surface area (Å²) in [5.74, 6) is -0.530. The lowest BCUT2D eigenvalue weighted by Crippen LogP contribution is -2.20. The van der Waals surface area contributed by atoms with Crippen molar-refractivity contribution in [2.24, 2.45) is 0 Å². The summed E-state index contributed by atoms with van der Waals surface area (Å²) in [6.07, 6.45) is 0. The third-order valence-electron chi connectivity index (χ3n) is 2.19. The van der Waals surface area contributed by atoms with Crippen LogP contribution in [0.5, 0.6) is 0 Å². The van der Waals surface area contributed by atoms with E-state index in [4.69, 9.17) is 23.2 Å². The summed E-state index contributed by atoms with van der Waals surface area (Å²) in [7, 11) is 0. The van der Waals surface area contributed by atoms with Crippen molar-refractivity contribution in [2.75, 3.05) is 10.6 Å². The number of nitrogens with zero attached hydrogens (tertiary/aromatic N) is 1. The molecular formula is C12H8Cl2FN3O. The van der Waals surface area contributed by atoms with Gasteiger partial charge in [-0.05, 0) is 24.3 Å². The van der Waals surface area contributed by atoms with E-state index in [9.17, 15) is 9.18 Å². The summed E-state index contributed by atoms with van der Waals surface area (Å²) in [4.78, 5) is 15.4. The summed E-state index contributed by atoms with van der Waals surface area (Å²) in [5.41, 5.74) is 0.345. The van der Waals surface area contributed by atoms with E-state index < -0.39 is 11.8 Å². The van der Waals surface area contributed by atoms with Gasteiger partial charge >= 0.3 is 6.03 Å². The molecule has 0 saturated heterocycles. The smallest absolute Gasteiger partial charge is 0.305 e. The molecule has 1 aromatic heterocycles. The number of carbonyl (C=O) groups excluding carboxylic acids is 1. The molecule has 0 aliphatic heterocycles. The van der Waals surface area contributed by atoms with Crippen molar-refractivity contribution in [1.82, 2.24) is 4.98 Å². The lowest BCUT2D eigenvalue weighted by molar-refractivity contribution is 0.262. The molecule has 0 spiro atoms. The van der Waals surface area contributed by atoms with E-state index in [2.05, 4.69) is 15.6 Å². The number of halogens is 3. The molecule has 0 aliphatic carbocycles. The molecule has 2 amide bonds. The van der Waals surface area contributed by atoms with Crippen LogP contribution in [0.3, 0.4) is 0 Å². The highest BCUT2D eigenvalue weighted by Crippen LogP contribution is 2.22. The van der Waals surface area contributed by atoms with Crippen LogP contribution in [0.4, 0.5) is 20.6 Å². The second-order valence-corrected chi connectivity index (χ2v) is 4.28. The van der Waals surface area contributed by atoms with Gasteiger partial charge in [0.15, 0.2) is 5.15 Å². The quantitative estimate of drug-likeness (QED) is 0.818. The Bertz CT molecular complexity index is 622. The monoisotopic (exact) mass is 299 g/mol. The maximum Gasteiger partial charge on any atom is 0.323 e. The zero-order valence-electron chi connectivity index (χ0n) is 9.45. The third-order valence-corrected chi connectivity index (χ3v) is 2.68. The SMILES string of the molecule is O=C(Nc1ccccc1F)Nc1ccc(Cl)nc1Cl. The average Bonchev–Trinajstić information content (AvgIpc) is 2.36. The third kappa shape index (κ3) is 3.56. The first-order valence-corrected chi connectivity index (χ1v) is 5.96. The first-order chi connectivity index (χ1) is 9.06. The average molecular weight is 300 g/mol. The van der Waals surface area contributed by atoms with Crippen molar-refractivity contribution in [2.45, 2.75) is 0 Å². The number of nitrogens with one attached hydrogen (secondary N) is 2. The van der Waals surface area contributed by atoms with Crippen LogP contribution < -0.4 is 10.6 Å². The van der Waals surface area contributed by atoms with Gasteiger partial charge in [-0.2, -0.15) is 0 Å². The van der Waals surface area contributed by atoms with Crippen molar-refractivity contribution in [3.05, 3.63) is 52.5 Å².